The molecule has 0 amide bonds. The first-order valence-corrected chi connectivity index (χ1v) is 5.55. The van der Waals surface area contributed by atoms with Gasteiger partial charge in [-0.2, -0.15) is 13.2 Å². The van der Waals surface area contributed by atoms with Crippen LogP contribution in [0, 0.1) is 5.41 Å². The van der Waals surface area contributed by atoms with Crippen molar-refractivity contribution in [2.45, 2.75) is 39.9 Å². The van der Waals surface area contributed by atoms with E-state index < -0.39 is 11.7 Å². The van der Waals surface area contributed by atoms with E-state index in [4.69, 9.17) is 0 Å². The van der Waals surface area contributed by atoms with Crippen LogP contribution in [0.5, 0.6) is 0 Å². The summed E-state index contributed by atoms with van der Waals surface area (Å²) in [7, 11) is 0. The van der Waals surface area contributed by atoms with E-state index in [1.165, 1.54) is 12.1 Å². The molecule has 0 radical (unpaired) electrons. The molecule has 1 atom stereocenters. The Morgan fingerprint density at radius 3 is 2.06 bits per heavy atom. The van der Waals surface area contributed by atoms with Crippen molar-refractivity contribution in [2.75, 3.05) is 5.32 Å². The third-order valence-electron chi connectivity index (χ3n) is 2.90. The second-order valence-corrected chi connectivity index (χ2v) is 5.28. The van der Waals surface area contributed by atoms with Crippen LogP contribution in [0.3, 0.4) is 0 Å². The molecule has 1 rings (SSSR count). The van der Waals surface area contributed by atoms with E-state index in [1.807, 2.05) is 27.7 Å². The van der Waals surface area contributed by atoms with Crippen LogP contribution in [-0.2, 0) is 6.18 Å². The monoisotopic (exact) mass is 245 g/mol. The maximum absolute atomic E-state index is 12.8. The first kappa shape index (κ1) is 13.9. The van der Waals surface area contributed by atoms with Crippen LogP contribution in [0.2, 0.25) is 0 Å². The van der Waals surface area contributed by atoms with Crippen molar-refractivity contribution >= 4 is 5.69 Å². The van der Waals surface area contributed by atoms with Gasteiger partial charge in [0.05, 0.1) is 5.56 Å². The van der Waals surface area contributed by atoms with E-state index in [0.717, 1.165) is 6.07 Å². The fourth-order valence-electron chi connectivity index (χ4n) is 1.31. The molecular formula is C13H18F3N. The lowest BCUT2D eigenvalue weighted by Crippen LogP contribution is -2.31. The predicted molar refractivity (Wildman–Crippen MR) is 64.0 cm³/mol. The van der Waals surface area contributed by atoms with Crippen molar-refractivity contribution in [3.8, 4) is 0 Å². The number of benzene rings is 1. The van der Waals surface area contributed by atoms with Crippen LogP contribution >= 0.6 is 0 Å². The molecule has 0 spiro atoms. The summed E-state index contributed by atoms with van der Waals surface area (Å²) in [6, 6.07) is 5.51. The third kappa shape index (κ3) is 3.65. The molecule has 0 aliphatic carbocycles. The Balaban J connectivity index is 3.00. The van der Waals surface area contributed by atoms with Gasteiger partial charge >= 0.3 is 6.18 Å². The standard InChI is InChI=1S/C13H18F3N/c1-9(12(2,3)4)17-11-8-6-5-7-10(11)13(14,15)16/h5-9,17H,1-4H3. The predicted octanol–water partition coefficient (Wildman–Crippen LogP) is 4.55. The number of nitrogens with one attached hydrogen (secondary N) is 1. The van der Waals surface area contributed by atoms with Crippen molar-refractivity contribution in [1.29, 1.82) is 0 Å². The van der Waals surface area contributed by atoms with E-state index in [-0.39, 0.29) is 17.1 Å². The van der Waals surface area contributed by atoms with Gasteiger partial charge < -0.3 is 5.32 Å². The number of hydrogen-bond donors (Lipinski definition) is 1. The summed E-state index contributed by atoms with van der Waals surface area (Å²) in [5.74, 6) is 0. The zero-order valence-electron chi connectivity index (χ0n) is 10.5. The number of alkyl halides is 3. The summed E-state index contributed by atoms with van der Waals surface area (Å²) in [6.45, 7) is 7.84. The van der Waals surface area contributed by atoms with E-state index >= 15 is 0 Å². The van der Waals surface area contributed by atoms with E-state index in [2.05, 4.69) is 5.32 Å². The number of para-hydroxylation sites is 1. The minimum Gasteiger partial charge on any atom is -0.382 e. The zero-order chi connectivity index (χ0) is 13.3. The van der Waals surface area contributed by atoms with E-state index in [0.29, 0.717) is 0 Å². The summed E-state index contributed by atoms with van der Waals surface area (Å²) in [5.41, 5.74) is -0.572. The lowest BCUT2D eigenvalue weighted by atomic mass is 9.88. The van der Waals surface area contributed by atoms with Gasteiger partial charge in [-0.15, -0.1) is 0 Å². The molecule has 0 aromatic heterocycles. The number of halogens is 3. The summed E-state index contributed by atoms with van der Waals surface area (Å²) < 4.78 is 38.3. The van der Waals surface area contributed by atoms with E-state index in [1.54, 1.807) is 6.07 Å². The van der Waals surface area contributed by atoms with Crippen molar-refractivity contribution < 1.29 is 13.2 Å². The van der Waals surface area contributed by atoms with Crippen LogP contribution in [0.15, 0.2) is 24.3 Å². The summed E-state index contributed by atoms with van der Waals surface area (Å²) >= 11 is 0. The summed E-state index contributed by atoms with van der Waals surface area (Å²) in [5, 5.41) is 2.94. The average Bonchev–Trinajstić information content (AvgIpc) is 2.15. The Hall–Kier alpha value is -1.19. The van der Waals surface area contributed by atoms with Gasteiger partial charge in [-0.05, 0) is 24.5 Å². The van der Waals surface area contributed by atoms with Crippen LogP contribution < -0.4 is 5.32 Å². The van der Waals surface area contributed by atoms with Crippen molar-refractivity contribution in [3.63, 3.8) is 0 Å². The molecule has 0 aliphatic rings. The van der Waals surface area contributed by atoms with Crippen molar-refractivity contribution in [1.82, 2.24) is 0 Å². The molecule has 0 heterocycles. The number of anilines is 1. The van der Waals surface area contributed by atoms with Gasteiger partial charge in [0.25, 0.3) is 0 Å². The first-order chi connectivity index (χ1) is 7.62. The molecule has 0 saturated heterocycles. The Morgan fingerprint density at radius 1 is 1.06 bits per heavy atom. The highest BCUT2D eigenvalue weighted by atomic mass is 19.4. The third-order valence-corrected chi connectivity index (χ3v) is 2.90. The number of hydrogen-bond acceptors (Lipinski definition) is 1. The molecule has 0 saturated carbocycles. The van der Waals surface area contributed by atoms with Crippen LogP contribution in [-0.4, -0.2) is 6.04 Å². The quantitative estimate of drug-likeness (QED) is 0.805. The zero-order valence-corrected chi connectivity index (χ0v) is 10.5. The molecule has 0 bridgehead atoms. The molecule has 0 fully saturated rings. The maximum atomic E-state index is 12.8. The van der Waals surface area contributed by atoms with Gasteiger partial charge in [-0.3, -0.25) is 0 Å². The SMILES string of the molecule is CC(Nc1ccccc1C(F)(F)F)C(C)(C)C. The number of rotatable bonds is 2. The molecular weight excluding hydrogens is 227 g/mol. The molecule has 0 aliphatic heterocycles. The fourth-order valence-corrected chi connectivity index (χ4v) is 1.31. The normalized spacial score (nSPS) is 14.5. The molecule has 1 N–H and O–H groups in total. The second-order valence-electron chi connectivity index (χ2n) is 5.28. The Labute approximate surface area is 100 Å². The van der Waals surface area contributed by atoms with Crippen LogP contribution in [0.1, 0.15) is 33.3 Å². The van der Waals surface area contributed by atoms with Gasteiger partial charge in [-0.1, -0.05) is 32.9 Å². The van der Waals surface area contributed by atoms with Gasteiger partial charge in [-0.25, -0.2) is 0 Å². The average molecular weight is 245 g/mol. The van der Waals surface area contributed by atoms with E-state index in [9.17, 15) is 13.2 Å². The highest BCUT2D eigenvalue weighted by molar-refractivity contribution is 5.53. The van der Waals surface area contributed by atoms with Crippen LogP contribution in [0.4, 0.5) is 18.9 Å². The lowest BCUT2D eigenvalue weighted by molar-refractivity contribution is -0.137. The van der Waals surface area contributed by atoms with Crippen molar-refractivity contribution in [3.05, 3.63) is 29.8 Å². The first-order valence-electron chi connectivity index (χ1n) is 5.55. The molecule has 1 nitrogen and oxygen atoms in total. The minimum absolute atomic E-state index is 0.0500. The molecule has 17 heavy (non-hydrogen) atoms. The fraction of sp³-hybridized carbons (Fsp3) is 0.538. The Morgan fingerprint density at radius 2 is 1.59 bits per heavy atom. The lowest BCUT2D eigenvalue weighted by Gasteiger charge is -2.30. The van der Waals surface area contributed by atoms with Gasteiger partial charge in [0.1, 0.15) is 0 Å². The maximum Gasteiger partial charge on any atom is 0.418 e. The summed E-state index contributed by atoms with van der Waals surface area (Å²) in [6.07, 6.45) is -4.32. The van der Waals surface area contributed by atoms with Gasteiger partial charge in [0.2, 0.25) is 0 Å². The Bertz CT molecular complexity index is 377. The largest absolute Gasteiger partial charge is 0.418 e. The Kier molecular flexibility index (Phi) is 3.74. The molecule has 1 aromatic rings. The second kappa shape index (κ2) is 4.59. The van der Waals surface area contributed by atoms with Crippen molar-refractivity contribution in [2.24, 2.45) is 5.41 Å². The van der Waals surface area contributed by atoms with Gasteiger partial charge in [0, 0.05) is 11.7 Å². The highest BCUT2D eigenvalue weighted by Crippen LogP contribution is 2.35. The smallest absolute Gasteiger partial charge is 0.382 e. The van der Waals surface area contributed by atoms with Gasteiger partial charge in [0.15, 0.2) is 0 Å². The van der Waals surface area contributed by atoms with Crippen LogP contribution in [0.25, 0.3) is 0 Å². The molecule has 96 valence electrons. The molecule has 1 aromatic carbocycles. The minimum atomic E-state index is -4.32. The molecule has 1 unspecified atom stereocenters. The topological polar surface area (TPSA) is 12.0 Å². The molecule has 4 heteroatoms. The summed E-state index contributed by atoms with van der Waals surface area (Å²) in [4.78, 5) is 0. The highest BCUT2D eigenvalue weighted by Gasteiger charge is 2.34.